The van der Waals surface area contributed by atoms with Gasteiger partial charge >= 0.3 is 12.0 Å². The molecule has 2 N–H and O–H groups in total. The minimum absolute atomic E-state index is 0.0357. The van der Waals surface area contributed by atoms with E-state index in [2.05, 4.69) is 10.6 Å². The zero-order valence-electron chi connectivity index (χ0n) is 18.8. The number of ether oxygens (including phenoxy) is 1. The first kappa shape index (κ1) is 26.3. The minimum Gasteiger partial charge on any atom is -0.452 e. The van der Waals surface area contributed by atoms with E-state index in [9.17, 15) is 22.8 Å². The smallest absolute Gasteiger partial charge is 0.340 e. The third-order valence-corrected chi connectivity index (χ3v) is 7.09. The van der Waals surface area contributed by atoms with Crippen molar-refractivity contribution >= 4 is 45.2 Å². The van der Waals surface area contributed by atoms with Crippen molar-refractivity contribution < 1.29 is 27.5 Å². The van der Waals surface area contributed by atoms with E-state index in [1.54, 1.807) is 19.9 Å². The van der Waals surface area contributed by atoms with Crippen molar-refractivity contribution in [2.24, 2.45) is 0 Å². The Morgan fingerprint density at radius 3 is 2.30 bits per heavy atom. The molecule has 9 nitrogen and oxygen atoms in total. The second-order valence-corrected chi connectivity index (χ2v) is 9.47. The normalized spacial score (nSPS) is 11.2. The average Bonchev–Trinajstić information content (AvgIpc) is 2.74. The summed E-state index contributed by atoms with van der Waals surface area (Å²) in [4.78, 5) is 36.3. The third-order valence-electron chi connectivity index (χ3n) is 4.72. The van der Waals surface area contributed by atoms with Gasteiger partial charge in [0.2, 0.25) is 10.0 Å². The van der Waals surface area contributed by atoms with Crippen molar-refractivity contribution in [1.29, 1.82) is 0 Å². The van der Waals surface area contributed by atoms with Crippen LogP contribution in [0.15, 0.2) is 41.3 Å². The Labute approximate surface area is 198 Å². The largest absolute Gasteiger partial charge is 0.452 e. The molecule has 2 rings (SSSR count). The van der Waals surface area contributed by atoms with Crippen LogP contribution in [-0.4, -0.2) is 50.3 Å². The Morgan fingerprint density at radius 1 is 1.03 bits per heavy atom. The van der Waals surface area contributed by atoms with Crippen LogP contribution in [0.5, 0.6) is 0 Å². The van der Waals surface area contributed by atoms with Crippen LogP contribution in [-0.2, 0) is 19.6 Å². The first-order valence-electron chi connectivity index (χ1n) is 10.1. The SMILES string of the molecule is CCN(CC)S(=O)(=O)c1ccc(Cl)c(C(=O)OCC(=O)NC(=O)Nc2ccc(C)cc2C)c1. The Hall–Kier alpha value is -2.95. The minimum atomic E-state index is -3.82. The molecule has 0 radical (unpaired) electrons. The number of imide groups is 1. The molecular formula is C22H26ClN3O6S. The molecule has 178 valence electrons. The van der Waals surface area contributed by atoms with Gasteiger partial charge in [-0.05, 0) is 43.7 Å². The highest BCUT2D eigenvalue weighted by Crippen LogP contribution is 2.23. The molecule has 0 aliphatic heterocycles. The molecule has 33 heavy (non-hydrogen) atoms. The number of nitrogens with one attached hydrogen (secondary N) is 2. The molecule has 0 atom stereocenters. The fourth-order valence-electron chi connectivity index (χ4n) is 3.01. The van der Waals surface area contributed by atoms with Gasteiger partial charge in [-0.15, -0.1) is 0 Å². The Kier molecular flexibility index (Phi) is 8.98. The van der Waals surface area contributed by atoms with Crippen LogP contribution < -0.4 is 10.6 Å². The molecule has 0 fully saturated rings. The summed E-state index contributed by atoms with van der Waals surface area (Å²) in [5.74, 6) is -1.87. The first-order chi connectivity index (χ1) is 15.5. The van der Waals surface area contributed by atoms with Gasteiger partial charge in [-0.2, -0.15) is 4.31 Å². The molecule has 0 aromatic heterocycles. The molecule has 0 unspecified atom stereocenters. The first-order valence-corrected chi connectivity index (χ1v) is 12.0. The summed E-state index contributed by atoms with van der Waals surface area (Å²) in [5.41, 5.74) is 2.16. The number of anilines is 1. The van der Waals surface area contributed by atoms with Crippen LogP contribution in [0.3, 0.4) is 0 Å². The van der Waals surface area contributed by atoms with Gasteiger partial charge in [-0.3, -0.25) is 10.1 Å². The summed E-state index contributed by atoms with van der Waals surface area (Å²) in [7, 11) is -3.82. The maximum Gasteiger partial charge on any atom is 0.340 e. The van der Waals surface area contributed by atoms with E-state index in [4.69, 9.17) is 16.3 Å². The van der Waals surface area contributed by atoms with E-state index < -0.39 is 34.5 Å². The van der Waals surface area contributed by atoms with E-state index in [0.717, 1.165) is 17.2 Å². The van der Waals surface area contributed by atoms with Gasteiger partial charge in [0, 0.05) is 18.8 Å². The van der Waals surface area contributed by atoms with Crippen LogP contribution in [0.2, 0.25) is 5.02 Å². The van der Waals surface area contributed by atoms with E-state index in [-0.39, 0.29) is 28.6 Å². The van der Waals surface area contributed by atoms with E-state index in [1.807, 2.05) is 26.0 Å². The predicted octanol–water partition coefficient (Wildman–Crippen LogP) is 3.49. The number of esters is 1. The molecule has 0 spiro atoms. The number of hydrogen-bond acceptors (Lipinski definition) is 6. The predicted molar refractivity (Wildman–Crippen MR) is 125 cm³/mol. The van der Waals surface area contributed by atoms with Crippen LogP contribution in [0.4, 0.5) is 10.5 Å². The van der Waals surface area contributed by atoms with Crippen LogP contribution in [0.1, 0.15) is 35.3 Å². The number of rotatable bonds is 8. The van der Waals surface area contributed by atoms with Crippen molar-refractivity contribution in [1.82, 2.24) is 9.62 Å². The highest BCUT2D eigenvalue weighted by molar-refractivity contribution is 7.89. The molecule has 11 heteroatoms. The van der Waals surface area contributed by atoms with Crippen LogP contribution in [0, 0.1) is 13.8 Å². The maximum absolute atomic E-state index is 12.7. The number of halogens is 1. The standard InChI is InChI=1S/C22H26ClN3O6S/c1-5-26(6-2)33(30,31)16-8-9-18(23)17(12-16)21(28)32-13-20(27)25-22(29)24-19-10-7-14(3)11-15(19)4/h7-12H,5-6,13H2,1-4H3,(H2,24,25,27,29). The van der Waals surface area contributed by atoms with Crippen molar-refractivity contribution in [3.05, 3.63) is 58.1 Å². The third kappa shape index (κ3) is 6.77. The van der Waals surface area contributed by atoms with Gasteiger partial charge in [-0.1, -0.05) is 43.1 Å². The summed E-state index contributed by atoms with van der Waals surface area (Å²) >= 11 is 6.03. The summed E-state index contributed by atoms with van der Waals surface area (Å²) in [6.07, 6.45) is 0. The highest BCUT2D eigenvalue weighted by Gasteiger charge is 2.24. The lowest BCUT2D eigenvalue weighted by molar-refractivity contribution is -0.123. The van der Waals surface area contributed by atoms with Gasteiger partial charge in [-0.25, -0.2) is 18.0 Å². The van der Waals surface area contributed by atoms with E-state index in [1.165, 1.54) is 16.4 Å². The summed E-state index contributed by atoms with van der Waals surface area (Å²) in [6, 6.07) is 8.26. The molecule has 0 bridgehead atoms. The number of benzene rings is 2. The van der Waals surface area contributed by atoms with Gasteiger partial charge in [0.15, 0.2) is 6.61 Å². The fraction of sp³-hybridized carbons (Fsp3) is 0.318. The van der Waals surface area contributed by atoms with Gasteiger partial charge in [0.1, 0.15) is 0 Å². The van der Waals surface area contributed by atoms with Gasteiger partial charge in [0.05, 0.1) is 15.5 Å². The number of hydrogen-bond donors (Lipinski definition) is 2. The number of aryl methyl sites for hydroxylation is 2. The number of carbonyl (C=O) groups is 3. The van der Waals surface area contributed by atoms with Gasteiger partial charge in [0.25, 0.3) is 5.91 Å². The lowest BCUT2D eigenvalue weighted by atomic mass is 10.1. The molecule has 2 aromatic rings. The summed E-state index contributed by atoms with van der Waals surface area (Å²) in [5, 5.41) is 4.56. The molecule has 0 aliphatic rings. The average molecular weight is 496 g/mol. The number of nitrogens with zero attached hydrogens (tertiary/aromatic N) is 1. The van der Waals surface area contributed by atoms with Gasteiger partial charge < -0.3 is 10.1 Å². The van der Waals surface area contributed by atoms with E-state index >= 15 is 0 Å². The number of sulfonamides is 1. The molecular weight excluding hydrogens is 470 g/mol. The quantitative estimate of drug-likeness (QED) is 0.540. The maximum atomic E-state index is 12.7. The molecule has 3 amide bonds. The zero-order valence-corrected chi connectivity index (χ0v) is 20.3. The Bertz CT molecular complexity index is 1160. The van der Waals surface area contributed by atoms with Crippen molar-refractivity contribution in [3.8, 4) is 0 Å². The number of amides is 3. The lowest BCUT2D eigenvalue weighted by Gasteiger charge is -2.19. The molecule has 0 saturated heterocycles. The summed E-state index contributed by atoms with van der Waals surface area (Å²) in [6.45, 7) is 6.86. The molecule has 0 saturated carbocycles. The molecule has 2 aromatic carbocycles. The second kappa shape index (κ2) is 11.3. The molecule has 0 aliphatic carbocycles. The Balaban J connectivity index is 2.02. The Morgan fingerprint density at radius 2 is 1.70 bits per heavy atom. The highest BCUT2D eigenvalue weighted by atomic mass is 35.5. The second-order valence-electron chi connectivity index (χ2n) is 7.13. The zero-order chi connectivity index (χ0) is 24.8. The summed E-state index contributed by atoms with van der Waals surface area (Å²) < 4.78 is 31.5. The van der Waals surface area contributed by atoms with Crippen molar-refractivity contribution in [2.45, 2.75) is 32.6 Å². The fourth-order valence-corrected chi connectivity index (χ4v) is 4.69. The lowest BCUT2D eigenvalue weighted by Crippen LogP contribution is -2.37. The van der Waals surface area contributed by atoms with Crippen molar-refractivity contribution in [2.75, 3.05) is 25.0 Å². The van der Waals surface area contributed by atoms with Crippen LogP contribution in [0.25, 0.3) is 0 Å². The number of carbonyl (C=O) groups excluding carboxylic acids is 3. The molecule has 0 heterocycles. The number of urea groups is 1. The van der Waals surface area contributed by atoms with E-state index in [0.29, 0.717) is 5.69 Å². The van der Waals surface area contributed by atoms with Crippen molar-refractivity contribution in [3.63, 3.8) is 0 Å². The van der Waals surface area contributed by atoms with Crippen LogP contribution >= 0.6 is 11.6 Å². The topological polar surface area (TPSA) is 122 Å². The monoisotopic (exact) mass is 495 g/mol.